The molecule has 0 saturated carbocycles. The fourth-order valence-electron chi connectivity index (χ4n) is 4.34. The monoisotopic (exact) mass is 598 g/mol. The van der Waals surface area contributed by atoms with Crippen molar-refractivity contribution in [3.8, 4) is 34.5 Å². The highest BCUT2D eigenvalue weighted by Crippen LogP contribution is 2.44. The Labute approximate surface area is 242 Å². The maximum absolute atomic E-state index is 11.3. The Bertz CT molecular complexity index is 1140. The van der Waals surface area contributed by atoms with Gasteiger partial charge in [0.05, 0.1) is 48.3 Å². The number of benzene rings is 2. The van der Waals surface area contributed by atoms with Crippen molar-refractivity contribution in [3.05, 3.63) is 41.5 Å². The van der Waals surface area contributed by atoms with E-state index in [9.17, 15) is 30.6 Å². The number of aliphatic hydroxyl groups is 7. The van der Waals surface area contributed by atoms with E-state index in [1.807, 2.05) is 0 Å². The SMILES string of the molecule is COc1cc([C@@H](O)[C@@H](CO)Oc2c(OC)cc(/C=C/CO)cc2OC)cc(OC)c1O[C@@H]1O[C@H](CO)[C@@H](O)[C@H](O)[C@H]1O. The van der Waals surface area contributed by atoms with Gasteiger partial charge in [0.25, 0.3) is 0 Å². The number of ether oxygens (including phenoxy) is 7. The maximum atomic E-state index is 11.3. The maximum Gasteiger partial charge on any atom is 0.229 e. The van der Waals surface area contributed by atoms with Crippen LogP contribution in [0, 0.1) is 0 Å². The molecule has 1 heterocycles. The fourth-order valence-corrected chi connectivity index (χ4v) is 4.34. The Kier molecular flexibility index (Phi) is 12.0. The zero-order valence-electron chi connectivity index (χ0n) is 23.6. The Morgan fingerprint density at radius 1 is 0.786 bits per heavy atom. The van der Waals surface area contributed by atoms with Gasteiger partial charge in [0, 0.05) is 0 Å². The molecule has 2 aromatic rings. The average Bonchev–Trinajstić information content (AvgIpc) is 3.02. The summed E-state index contributed by atoms with van der Waals surface area (Å²) in [6.45, 7) is -1.45. The van der Waals surface area contributed by atoms with Gasteiger partial charge in [-0.1, -0.05) is 12.2 Å². The first-order valence-corrected chi connectivity index (χ1v) is 12.9. The first kappa shape index (κ1) is 33.2. The Morgan fingerprint density at radius 2 is 1.33 bits per heavy atom. The summed E-state index contributed by atoms with van der Waals surface area (Å²) in [6.07, 6.45) is -7.18. The van der Waals surface area contributed by atoms with Crippen molar-refractivity contribution in [2.75, 3.05) is 48.3 Å². The molecule has 0 spiro atoms. The van der Waals surface area contributed by atoms with Crippen LogP contribution in [0.15, 0.2) is 30.3 Å². The average molecular weight is 599 g/mol. The molecule has 42 heavy (non-hydrogen) atoms. The topological polar surface area (TPSA) is 206 Å². The third kappa shape index (κ3) is 7.17. The van der Waals surface area contributed by atoms with E-state index in [2.05, 4.69) is 0 Å². The Balaban J connectivity index is 1.94. The van der Waals surface area contributed by atoms with Gasteiger partial charge in [-0.25, -0.2) is 0 Å². The van der Waals surface area contributed by atoms with Gasteiger partial charge in [-0.15, -0.1) is 0 Å². The second kappa shape index (κ2) is 15.2. The normalized spacial score (nSPS) is 23.7. The largest absolute Gasteiger partial charge is 0.493 e. The van der Waals surface area contributed by atoms with Crippen LogP contribution < -0.4 is 28.4 Å². The Hall–Kier alpha value is -3.34. The first-order chi connectivity index (χ1) is 20.2. The van der Waals surface area contributed by atoms with Crippen LogP contribution in [0.4, 0.5) is 0 Å². The van der Waals surface area contributed by atoms with Gasteiger partial charge in [-0.05, 0) is 35.4 Å². The predicted molar refractivity (Wildman–Crippen MR) is 146 cm³/mol. The second-order valence-electron chi connectivity index (χ2n) is 9.19. The van der Waals surface area contributed by atoms with Crippen molar-refractivity contribution in [2.45, 2.75) is 42.9 Å². The predicted octanol–water partition coefficient (Wildman–Crippen LogP) is -0.621. The molecule has 7 N–H and O–H groups in total. The number of hydrogen-bond donors (Lipinski definition) is 7. The van der Waals surface area contributed by atoms with Crippen LogP contribution >= 0.6 is 0 Å². The summed E-state index contributed by atoms with van der Waals surface area (Å²) in [5.41, 5.74) is 0.833. The summed E-state index contributed by atoms with van der Waals surface area (Å²) in [5.74, 6) is 0.573. The highest BCUT2D eigenvalue weighted by atomic mass is 16.7. The van der Waals surface area contributed by atoms with E-state index >= 15 is 0 Å². The molecule has 14 nitrogen and oxygen atoms in total. The van der Waals surface area contributed by atoms with Crippen molar-refractivity contribution in [1.29, 1.82) is 0 Å². The summed E-state index contributed by atoms with van der Waals surface area (Å²) in [5, 5.41) is 70.5. The molecule has 2 aromatic carbocycles. The number of hydrogen-bond acceptors (Lipinski definition) is 14. The molecule has 234 valence electrons. The van der Waals surface area contributed by atoms with E-state index in [1.165, 1.54) is 46.6 Å². The summed E-state index contributed by atoms with van der Waals surface area (Å²) < 4.78 is 38.9. The zero-order valence-corrected chi connectivity index (χ0v) is 23.6. The lowest BCUT2D eigenvalue weighted by atomic mass is 9.99. The van der Waals surface area contributed by atoms with Crippen LogP contribution in [0.3, 0.4) is 0 Å². The van der Waals surface area contributed by atoms with Crippen molar-refractivity contribution < 1.29 is 68.9 Å². The standard InChI is InChI=1S/C28H38O14/c1-36-16-8-14(6-5-7-29)9-17(37-2)26(16)40-20(12-30)22(32)15-10-18(38-3)27(19(11-15)39-4)42-28-25(35)24(34)23(33)21(13-31)41-28/h5-6,8-11,20-25,28-35H,7,12-13H2,1-4H3/b6-5+/t20-,21-,22-,23-,24+,25-,28+/m1/s1. The molecule has 1 saturated heterocycles. The van der Waals surface area contributed by atoms with Crippen LogP contribution in [0.1, 0.15) is 17.2 Å². The third-order valence-electron chi connectivity index (χ3n) is 6.61. The van der Waals surface area contributed by atoms with Crippen molar-refractivity contribution in [2.24, 2.45) is 0 Å². The fraction of sp³-hybridized carbons (Fsp3) is 0.500. The van der Waals surface area contributed by atoms with Gasteiger partial charge in [-0.2, -0.15) is 0 Å². The summed E-state index contributed by atoms with van der Waals surface area (Å²) in [4.78, 5) is 0. The lowest BCUT2D eigenvalue weighted by Crippen LogP contribution is -2.60. The van der Waals surface area contributed by atoms with E-state index in [0.29, 0.717) is 5.56 Å². The van der Waals surface area contributed by atoms with Gasteiger partial charge in [0.1, 0.15) is 30.5 Å². The van der Waals surface area contributed by atoms with Crippen molar-refractivity contribution in [1.82, 2.24) is 0 Å². The van der Waals surface area contributed by atoms with E-state index in [1.54, 1.807) is 18.2 Å². The third-order valence-corrected chi connectivity index (χ3v) is 6.61. The molecule has 0 bridgehead atoms. The molecule has 0 amide bonds. The van der Waals surface area contributed by atoms with Crippen molar-refractivity contribution in [3.63, 3.8) is 0 Å². The van der Waals surface area contributed by atoms with E-state index in [-0.39, 0.29) is 46.7 Å². The number of rotatable bonds is 14. The molecule has 7 atom stereocenters. The first-order valence-electron chi connectivity index (χ1n) is 12.9. The lowest BCUT2D eigenvalue weighted by molar-refractivity contribution is -0.277. The molecule has 1 fully saturated rings. The number of methoxy groups -OCH3 is 4. The molecular weight excluding hydrogens is 560 g/mol. The molecule has 0 aromatic heterocycles. The minimum absolute atomic E-state index is 0.0206. The lowest BCUT2D eigenvalue weighted by Gasteiger charge is -2.39. The van der Waals surface area contributed by atoms with E-state index in [4.69, 9.17) is 38.3 Å². The summed E-state index contributed by atoms with van der Waals surface area (Å²) in [7, 11) is 5.45. The van der Waals surface area contributed by atoms with Crippen LogP contribution in [-0.4, -0.2) is 121 Å². The van der Waals surface area contributed by atoms with Crippen LogP contribution in [0.5, 0.6) is 34.5 Å². The molecule has 1 aliphatic heterocycles. The molecular formula is C28H38O14. The molecule has 0 unspecified atom stereocenters. The van der Waals surface area contributed by atoms with Crippen LogP contribution in [-0.2, 0) is 4.74 Å². The highest BCUT2D eigenvalue weighted by Gasteiger charge is 2.45. The van der Waals surface area contributed by atoms with Gasteiger partial charge in [-0.3, -0.25) is 0 Å². The van der Waals surface area contributed by atoms with Crippen molar-refractivity contribution >= 4 is 6.08 Å². The molecule has 0 radical (unpaired) electrons. The van der Waals surface area contributed by atoms with Crippen LogP contribution in [0.2, 0.25) is 0 Å². The zero-order chi connectivity index (χ0) is 31.0. The molecule has 3 rings (SSSR count). The molecule has 1 aliphatic rings. The number of aliphatic hydroxyl groups excluding tert-OH is 7. The summed E-state index contributed by atoms with van der Waals surface area (Å²) >= 11 is 0. The smallest absolute Gasteiger partial charge is 0.229 e. The van der Waals surface area contributed by atoms with Gasteiger partial charge < -0.3 is 68.9 Å². The van der Waals surface area contributed by atoms with E-state index < -0.39 is 56.1 Å². The molecule has 0 aliphatic carbocycles. The van der Waals surface area contributed by atoms with E-state index in [0.717, 1.165) is 0 Å². The Morgan fingerprint density at radius 3 is 1.81 bits per heavy atom. The van der Waals surface area contributed by atoms with Crippen LogP contribution in [0.25, 0.3) is 6.08 Å². The highest BCUT2D eigenvalue weighted by molar-refractivity contribution is 5.62. The van der Waals surface area contributed by atoms with Gasteiger partial charge in [0.2, 0.25) is 17.8 Å². The minimum atomic E-state index is -1.69. The quantitative estimate of drug-likeness (QED) is 0.145. The van der Waals surface area contributed by atoms with Gasteiger partial charge in [0.15, 0.2) is 29.1 Å². The van der Waals surface area contributed by atoms with Gasteiger partial charge >= 0.3 is 0 Å². The second-order valence-corrected chi connectivity index (χ2v) is 9.19. The minimum Gasteiger partial charge on any atom is -0.493 e. The molecule has 14 heteroatoms. The summed E-state index contributed by atoms with van der Waals surface area (Å²) in [6, 6.07) is 6.02.